The summed E-state index contributed by atoms with van der Waals surface area (Å²) in [5, 5.41) is 0. The van der Waals surface area contributed by atoms with Crippen molar-refractivity contribution in [2.24, 2.45) is 0 Å². The van der Waals surface area contributed by atoms with Gasteiger partial charge in [-0.05, 0) is 6.92 Å². The average Bonchev–Trinajstić information content (AvgIpc) is 2.60. The van der Waals surface area contributed by atoms with Gasteiger partial charge in [-0.15, -0.1) is 0 Å². The van der Waals surface area contributed by atoms with Gasteiger partial charge < -0.3 is 28.4 Å². The average molecular weight is 416 g/mol. The van der Waals surface area contributed by atoms with Crippen LogP contribution in [0.3, 0.4) is 0 Å². The third kappa shape index (κ3) is 7.90. The van der Waals surface area contributed by atoms with Crippen molar-refractivity contribution in [1.82, 2.24) is 0 Å². The molecule has 0 aromatic heterocycles. The van der Waals surface area contributed by atoms with Crippen LogP contribution in [0.5, 0.6) is 0 Å². The number of carbonyl (C=O) groups excluding carboxylic acids is 5. The Kier molecular flexibility index (Phi) is 9.26. The van der Waals surface area contributed by atoms with E-state index in [0.717, 1.165) is 27.0 Å². The SMILES string of the molecule is CC(=O)OC[C@H]1O[C@@H](O/C=C(\C)C=O)[C@H](OC(C)=O)[C@@H](OC(C)=O)[C@@H]1OC(C)=O. The van der Waals surface area contributed by atoms with Crippen molar-refractivity contribution in [3.8, 4) is 0 Å². The van der Waals surface area contributed by atoms with Gasteiger partial charge >= 0.3 is 23.9 Å². The summed E-state index contributed by atoms with van der Waals surface area (Å²) in [6, 6.07) is 0. The molecule has 29 heavy (non-hydrogen) atoms. The molecular weight excluding hydrogens is 392 g/mol. The second kappa shape index (κ2) is 11.1. The van der Waals surface area contributed by atoms with Gasteiger partial charge in [0.2, 0.25) is 12.4 Å². The number of esters is 4. The molecule has 0 amide bonds. The number of carbonyl (C=O) groups is 5. The summed E-state index contributed by atoms with van der Waals surface area (Å²) >= 11 is 0. The Morgan fingerprint density at radius 2 is 1.31 bits per heavy atom. The summed E-state index contributed by atoms with van der Waals surface area (Å²) < 4.78 is 31.6. The molecule has 162 valence electrons. The van der Waals surface area contributed by atoms with Gasteiger partial charge in [0.15, 0.2) is 12.2 Å². The lowest BCUT2D eigenvalue weighted by atomic mass is 9.98. The summed E-state index contributed by atoms with van der Waals surface area (Å²) in [6.07, 6.45) is -4.83. The first-order chi connectivity index (χ1) is 13.5. The molecule has 0 aromatic carbocycles. The Balaban J connectivity index is 3.33. The van der Waals surface area contributed by atoms with Crippen molar-refractivity contribution in [2.75, 3.05) is 6.61 Å². The molecule has 0 spiro atoms. The van der Waals surface area contributed by atoms with Crippen molar-refractivity contribution in [2.45, 2.75) is 65.3 Å². The van der Waals surface area contributed by atoms with Crippen LogP contribution < -0.4 is 0 Å². The predicted octanol–water partition coefficient (Wildman–Crippen LogP) is 0.189. The van der Waals surface area contributed by atoms with Gasteiger partial charge in [0.25, 0.3) is 0 Å². The molecule has 0 aromatic rings. The van der Waals surface area contributed by atoms with Crippen molar-refractivity contribution in [3.05, 3.63) is 11.8 Å². The van der Waals surface area contributed by atoms with Crippen LogP contribution in [-0.4, -0.2) is 67.5 Å². The zero-order valence-electron chi connectivity index (χ0n) is 16.7. The lowest BCUT2D eigenvalue weighted by molar-refractivity contribution is -0.297. The molecule has 1 saturated heterocycles. The molecule has 1 fully saturated rings. The van der Waals surface area contributed by atoms with Gasteiger partial charge in [-0.2, -0.15) is 0 Å². The Labute approximate surface area is 167 Å². The molecule has 1 aliphatic rings. The topological polar surface area (TPSA) is 141 Å². The third-order valence-electron chi connectivity index (χ3n) is 3.52. The Morgan fingerprint density at radius 3 is 1.79 bits per heavy atom. The third-order valence-corrected chi connectivity index (χ3v) is 3.52. The molecule has 11 nitrogen and oxygen atoms in total. The van der Waals surface area contributed by atoms with E-state index in [2.05, 4.69) is 0 Å². The van der Waals surface area contributed by atoms with Crippen LogP contribution in [-0.2, 0) is 52.4 Å². The molecule has 1 rings (SSSR count). The largest absolute Gasteiger partial charge is 0.468 e. The number of ether oxygens (including phenoxy) is 6. The van der Waals surface area contributed by atoms with Gasteiger partial charge in [0.05, 0.1) is 6.26 Å². The maximum absolute atomic E-state index is 11.6. The monoisotopic (exact) mass is 416 g/mol. The van der Waals surface area contributed by atoms with Crippen LogP contribution in [0.4, 0.5) is 0 Å². The Bertz CT molecular complexity index is 669. The lowest BCUT2D eigenvalue weighted by Crippen LogP contribution is -2.62. The smallest absolute Gasteiger partial charge is 0.303 e. The highest BCUT2D eigenvalue weighted by Gasteiger charge is 2.53. The molecule has 0 N–H and O–H groups in total. The second-order valence-electron chi connectivity index (χ2n) is 6.18. The molecule has 0 radical (unpaired) electrons. The normalized spacial score (nSPS) is 26.7. The van der Waals surface area contributed by atoms with E-state index in [1.54, 1.807) is 0 Å². The fourth-order valence-corrected chi connectivity index (χ4v) is 2.50. The van der Waals surface area contributed by atoms with E-state index in [9.17, 15) is 24.0 Å². The van der Waals surface area contributed by atoms with E-state index in [1.165, 1.54) is 13.8 Å². The first-order valence-corrected chi connectivity index (χ1v) is 8.63. The van der Waals surface area contributed by atoms with Crippen molar-refractivity contribution in [1.29, 1.82) is 0 Å². The number of hydrogen-bond donors (Lipinski definition) is 0. The maximum atomic E-state index is 11.6. The molecule has 1 heterocycles. The first-order valence-electron chi connectivity index (χ1n) is 8.63. The minimum atomic E-state index is -1.36. The minimum Gasteiger partial charge on any atom is -0.468 e. The minimum absolute atomic E-state index is 0.192. The van der Waals surface area contributed by atoms with E-state index >= 15 is 0 Å². The number of allylic oxidation sites excluding steroid dienone is 1. The van der Waals surface area contributed by atoms with E-state index in [1.807, 2.05) is 0 Å². The quantitative estimate of drug-likeness (QED) is 0.176. The summed E-state index contributed by atoms with van der Waals surface area (Å²) in [5.41, 5.74) is 0.192. The molecular formula is C18H24O11. The van der Waals surface area contributed by atoms with E-state index in [4.69, 9.17) is 28.4 Å². The molecule has 1 aliphatic heterocycles. The number of hydrogen-bond acceptors (Lipinski definition) is 11. The van der Waals surface area contributed by atoms with Crippen LogP contribution in [0.1, 0.15) is 34.6 Å². The fraction of sp³-hybridized carbons (Fsp3) is 0.611. The highest BCUT2D eigenvalue weighted by molar-refractivity contribution is 5.71. The van der Waals surface area contributed by atoms with Crippen LogP contribution in [0, 0.1) is 0 Å². The van der Waals surface area contributed by atoms with Crippen molar-refractivity contribution < 1.29 is 52.4 Å². The summed E-state index contributed by atoms with van der Waals surface area (Å²) in [7, 11) is 0. The van der Waals surface area contributed by atoms with Crippen LogP contribution in [0.15, 0.2) is 11.8 Å². The number of aldehydes is 1. The summed E-state index contributed by atoms with van der Waals surface area (Å²) in [4.78, 5) is 56.8. The number of rotatable bonds is 8. The molecule has 0 bridgehead atoms. The van der Waals surface area contributed by atoms with E-state index in [-0.39, 0.29) is 12.2 Å². The first kappa shape index (κ1) is 24.1. The lowest BCUT2D eigenvalue weighted by Gasteiger charge is -2.43. The van der Waals surface area contributed by atoms with Gasteiger partial charge in [0, 0.05) is 33.3 Å². The molecule has 11 heteroatoms. The standard InChI is InChI=1S/C18H24O11/c1-9(6-19)7-25-18-17(28-13(5)23)16(27-12(4)22)15(26-11(3)21)14(29-18)8-24-10(2)20/h6-7,14-18H,8H2,1-5H3/b9-7+/t14-,15-,16+,17-,18-/m1/s1. The second-order valence-corrected chi connectivity index (χ2v) is 6.18. The molecule has 5 atom stereocenters. The van der Waals surface area contributed by atoms with Gasteiger partial charge in [-0.1, -0.05) is 0 Å². The van der Waals surface area contributed by atoms with Gasteiger partial charge in [-0.25, -0.2) is 0 Å². The summed E-state index contributed by atoms with van der Waals surface area (Å²) in [5.74, 6) is -2.87. The molecule has 0 saturated carbocycles. The van der Waals surface area contributed by atoms with Crippen LogP contribution >= 0.6 is 0 Å². The summed E-state index contributed by atoms with van der Waals surface area (Å²) in [6.45, 7) is 5.59. The van der Waals surface area contributed by atoms with Crippen molar-refractivity contribution in [3.63, 3.8) is 0 Å². The Hall–Kier alpha value is -2.95. The highest BCUT2D eigenvalue weighted by Crippen LogP contribution is 2.30. The van der Waals surface area contributed by atoms with E-state index in [0.29, 0.717) is 6.29 Å². The van der Waals surface area contributed by atoms with Crippen LogP contribution in [0.2, 0.25) is 0 Å². The van der Waals surface area contributed by atoms with Gasteiger partial charge in [0.1, 0.15) is 19.0 Å². The fourth-order valence-electron chi connectivity index (χ4n) is 2.50. The Morgan fingerprint density at radius 1 is 0.793 bits per heavy atom. The highest BCUT2D eigenvalue weighted by atomic mass is 16.7. The van der Waals surface area contributed by atoms with E-state index < -0.39 is 54.6 Å². The molecule has 0 unspecified atom stereocenters. The zero-order valence-corrected chi connectivity index (χ0v) is 16.7. The zero-order chi connectivity index (χ0) is 22.1. The maximum Gasteiger partial charge on any atom is 0.303 e. The van der Waals surface area contributed by atoms with Crippen molar-refractivity contribution >= 4 is 30.2 Å². The van der Waals surface area contributed by atoms with Crippen LogP contribution in [0.25, 0.3) is 0 Å². The predicted molar refractivity (Wildman–Crippen MR) is 92.9 cm³/mol. The van der Waals surface area contributed by atoms with Gasteiger partial charge in [-0.3, -0.25) is 24.0 Å². The molecule has 0 aliphatic carbocycles.